The van der Waals surface area contributed by atoms with Crippen LogP contribution in [0.2, 0.25) is 0 Å². The minimum absolute atomic E-state index is 0.0403. The van der Waals surface area contributed by atoms with E-state index in [0.29, 0.717) is 29.3 Å². The number of nitrogens with one attached hydrogen (secondary N) is 2. The number of fused-ring (bicyclic) bond motifs is 2. The van der Waals surface area contributed by atoms with Crippen molar-refractivity contribution >= 4 is 22.9 Å². The summed E-state index contributed by atoms with van der Waals surface area (Å²) in [6.45, 7) is 6.43. The fourth-order valence-corrected chi connectivity index (χ4v) is 4.21. The maximum atomic E-state index is 12.5. The van der Waals surface area contributed by atoms with Gasteiger partial charge < -0.3 is 10.3 Å². The Morgan fingerprint density at radius 2 is 2.15 bits per heavy atom. The number of unbranched alkanes of at least 4 members (excludes halogenated alkanes) is 1. The van der Waals surface area contributed by atoms with Crippen molar-refractivity contribution in [2.75, 3.05) is 5.32 Å². The van der Waals surface area contributed by atoms with Gasteiger partial charge in [-0.2, -0.15) is 9.78 Å². The molecule has 0 unspecified atom stereocenters. The standard InChI is InChI=1S/C19H25N7O/c1-4-6-7-12(5-2)13-8-14(27)24-18-15(13)11(3)25-26(18)19-16-17(21-9-20-16)22-10-23-19/h9-10,12-13H,4-8H2,1-3H3,(H,24,27)(H,20,21,22,23)/t12-,13-/m1/s1. The van der Waals surface area contributed by atoms with Gasteiger partial charge >= 0.3 is 0 Å². The van der Waals surface area contributed by atoms with Gasteiger partial charge in [0, 0.05) is 17.9 Å². The molecular weight excluding hydrogens is 342 g/mol. The van der Waals surface area contributed by atoms with Crippen molar-refractivity contribution in [3.63, 3.8) is 0 Å². The summed E-state index contributed by atoms with van der Waals surface area (Å²) in [7, 11) is 0. The molecule has 4 rings (SSSR count). The number of carbonyl (C=O) groups excluding carboxylic acids is 1. The van der Waals surface area contributed by atoms with Crippen LogP contribution in [0.25, 0.3) is 17.0 Å². The number of nitrogens with zero attached hydrogens (tertiary/aromatic N) is 5. The van der Waals surface area contributed by atoms with Crippen LogP contribution in [0.3, 0.4) is 0 Å². The van der Waals surface area contributed by atoms with Crippen LogP contribution in [0.4, 0.5) is 5.82 Å². The largest absolute Gasteiger partial charge is 0.340 e. The SMILES string of the molecule is CCCC[C@@H](CC)[C@H]1CC(=O)Nc2c1c(C)nn2-c1ncnc2nc[nH]c12. The summed E-state index contributed by atoms with van der Waals surface area (Å²) >= 11 is 0. The molecule has 0 radical (unpaired) electrons. The molecule has 27 heavy (non-hydrogen) atoms. The number of H-pyrrole nitrogens is 1. The minimum atomic E-state index is 0.0403. The third-order valence-electron chi connectivity index (χ3n) is 5.57. The Labute approximate surface area is 157 Å². The van der Waals surface area contributed by atoms with Crippen LogP contribution in [0.5, 0.6) is 0 Å². The number of imidazole rings is 1. The third-order valence-corrected chi connectivity index (χ3v) is 5.57. The van der Waals surface area contributed by atoms with E-state index in [2.05, 4.69) is 39.1 Å². The van der Waals surface area contributed by atoms with Gasteiger partial charge in [-0.1, -0.05) is 33.1 Å². The zero-order valence-corrected chi connectivity index (χ0v) is 16.0. The number of aromatic amines is 1. The topological polar surface area (TPSA) is 101 Å². The van der Waals surface area contributed by atoms with E-state index in [1.165, 1.54) is 19.2 Å². The molecule has 0 fully saturated rings. The quantitative estimate of drug-likeness (QED) is 0.694. The highest BCUT2D eigenvalue weighted by atomic mass is 16.1. The lowest BCUT2D eigenvalue weighted by Crippen LogP contribution is -2.28. The van der Waals surface area contributed by atoms with Crippen molar-refractivity contribution in [1.29, 1.82) is 0 Å². The Bertz CT molecular complexity index is 974. The van der Waals surface area contributed by atoms with Crippen LogP contribution >= 0.6 is 0 Å². The van der Waals surface area contributed by atoms with E-state index >= 15 is 0 Å². The van der Waals surface area contributed by atoms with E-state index in [-0.39, 0.29) is 11.8 Å². The molecule has 3 aromatic rings. The Balaban J connectivity index is 1.83. The number of carbonyl (C=O) groups is 1. The molecule has 0 spiro atoms. The molecule has 2 N–H and O–H groups in total. The molecule has 0 aliphatic carbocycles. The number of rotatable bonds is 6. The smallest absolute Gasteiger partial charge is 0.226 e. The van der Waals surface area contributed by atoms with Crippen molar-refractivity contribution in [3.05, 3.63) is 23.9 Å². The number of aromatic nitrogens is 6. The number of hydrogen-bond acceptors (Lipinski definition) is 5. The predicted molar refractivity (Wildman–Crippen MR) is 103 cm³/mol. The lowest BCUT2D eigenvalue weighted by atomic mass is 9.77. The van der Waals surface area contributed by atoms with Crippen molar-refractivity contribution < 1.29 is 4.79 Å². The summed E-state index contributed by atoms with van der Waals surface area (Å²) in [5.74, 6) is 2.04. The monoisotopic (exact) mass is 367 g/mol. The number of aryl methyl sites for hydroxylation is 1. The first-order valence-electron chi connectivity index (χ1n) is 9.67. The van der Waals surface area contributed by atoms with Crippen molar-refractivity contribution in [1.82, 2.24) is 29.7 Å². The summed E-state index contributed by atoms with van der Waals surface area (Å²) in [5, 5.41) is 7.77. The maximum Gasteiger partial charge on any atom is 0.226 e. The highest BCUT2D eigenvalue weighted by Crippen LogP contribution is 2.43. The van der Waals surface area contributed by atoms with Crippen LogP contribution in [0.1, 0.15) is 63.1 Å². The number of amides is 1. The second-order valence-electron chi connectivity index (χ2n) is 7.23. The highest BCUT2D eigenvalue weighted by Gasteiger charge is 2.36. The van der Waals surface area contributed by atoms with E-state index in [4.69, 9.17) is 5.10 Å². The summed E-state index contributed by atoms with van der Waals surface area (Å²) in [6.07, 6.45) is 8.11. The molecule has 1 aliphatic rings. The van der Waals surface area contributed by atoms with Gasteiger partial charge in [0.15, 0.2) is 11.5 Å². The first-order chi connectivity index (χ1) is 13.1. The molecule has 8 heteroatoms. The normalized spacial score (nSPS) is 17.7. The molecule has 0 saturated carbocycles. The zero-order chi connectivity index (χ0) is 19.0. The maximum absolute atomic E-state index is 12.5. The van der Waals surface area contributed by atoms with Crippen LogP contribution in [0, 0.1) is 12.8 Å². The van der Waals surface area contributed by atoms with Gasteiger partial charge in [-0.05, 0) is 19.3 Å². The fraction of sp³-hybridized carbons (Fsp3) is 0.526. The molecule has 1 amide bonds. The van der Waals surface area contributed by atoms with Crippen LogP contribution in [-0.2, 0) is 4.79 Å². The third kappa shape index (κ3) is 2.98. The predicted octanol–water partition coefficient (Wildman–Crippen LogP) is 3.49. The molecule has 8 nitrogen and oxygen atoms in total. The highest BCUT2D eigenvalue weighted by molar-refractivity contribution is 5.95. The van der Waals surface area contributed by atoms with Gasteiger partial charge in [0.1, 0.15) is 17.7 Å². The van der Waals surface area contributed by atoms with E-state index in [9.17, 15) is 4.79 Å². The molecule has 2 atom stereocenters. The van der Waals surface area contributed by atoms with Gasteiger partial charge in [-0.25, -0.2) is 15.0 Å². The fourth-order valence-electron chi connectivity index (χ4n) is 4.21. The minimum Gasteiger partial charge on any atom is -0.340 e. The number of anilines is 1. The van der Waals surface area contributed by atoms with Gasteiger partial charge in [0.2, 0.25) is 5.91 Å². The van der Waals surface area contributed by atoms with Crippen molar-refractivity contribution in [2.24, 2.45) is 5.92 Å². The second-order valence-corrected chi connectivity index (χ2v) is 7.23. The molecule has 0 saturated heterocycles. The van der Waals surface area contributed by atoms with E-state index < -0.39 is 0 Å². The van der Waals surface area contributed by atoms with Crippen molar-refractivity contribution in [3.8, 4) is 5.82 Å². The zero-order valence-electron chi connectivity index (χ0n) is 16.0. The lowest BCUT2D eigenvalue weighted by molar-refractivity contribution is -0.117. The molecule has 1 aliphatic heterocycles. The van der Waals surface area contributed by atoms with Gasteiger partial charge in [0.05, 0.1) is 12.0 Å². The summed E-state index contributed by atoms with van der Waals surface area (Å²) in [5.41, 5.74) is 3.37. The van der Waals surface area contributed by atoms with Crippen LogP contribution < -0.4 is 5.32 Å². The van der Waals surface area contributed by atoms with E-state index in [1.54, 1.807) is 11.0 Å². The lowest BCUT2D eigenvalue weighted by Gasteiger charge is -2.30. The molecule has 4 heterocycles. The van der Waals surface area contributed by atoms with Gasteiger partial charge in [-0.3, -0.25) is 4.79 Å². The first-order valence-corrected chi connectivity index (χ1v) is 9.67. The average Bonchev–Trinajstić information content (AvgIpc) is 3.26. The first kappa shape index (κ1) is 17.6. The van der Waals surface area contributed by atoms with Crippen molar-refractivity contribution in [2.45, 2.75) is 58.8 Å². The van der Waals surface area contributed by atoms with Gasteiger partial charge in [-0.15, -0.1) is 0 Å². The molecular formula is C19H25N7O. The Hall–Kier alpha value is -2.77. The average molecular weight is 367 g/mol. The summed E-state index contributed by atoms with van der Waals surface area (Å²) < 4.78 is 1.73. The summed E-state index contributed by atoms with van der Waals surface area (Å²) in [6, 6.07) is 0. The second kappa shape index (κ2) is 7.09. The molecule has 0 bridgehead atoms. The van der Waals surface area contributed by atoms with E-state index in [1.807, 2.05) is 6.92 Å². The summed E-state index contributed by atoms with van der Waals surface area (Å²) in [4.78, 5) is 28.4. The Morgan fingerprint density at radius 1 is 1.30 bits per heavy atom. The van der Waals surface area contributed by atoms with Crippen LogP contribution in [-0.4, -0.2) is 35.6 Å². The molecule has 0 aromatic carbocycles. The number of hydrogen-bond donors (Lipinski definition) is 2. The molecule has 3 aromatic heterocycles. The Kier molecular flexibility index (Phi) is 4.63. The Morgan fingerprint density at radius 3 is 2.93 bits per heavy atom. The van der Waals surface area contributed by atoms with E-state index in [0.717, 1.165) is 29.9 Å². The van der Waals surface area contributed by atoms with Crippen LogP contribution in [0.15, 0.2) is 12.7 Å². The van der Waals surface area contributed by atoms with Gasteiger partial charge in [0.25, 0.3) is 0 Å². The molecule has 142 valence electrons.